The smallest absolute Gasteiger partial charge is 0.166 e. The molecule has 0 unspecified atom stereocenters. The van der Waals surface area contributed by atoms with Crippen molar-refractivity contribution in [2.45, 2.75) is 12.6 Å². The van der Waals surface area contributed by atoms with E-state index in [1.165, 1.54) is 18.2 Å². The second-order valence-corrected chi connectivity index (χ2v) is 3.23. The van der Waals surface area contributed by atoms with Gasteiger partial charge in [0.2, 0.25) is 0 Å². The molecule has 0 fully saturated rings. The Morgan fingerprint density at radius 2 is 2.00 bits per heavy atom. The maximum Gasteiger partial charge on any atom is 0.416 e. The minimum absolute atomic E-state index is 0.112. The zero-order chi connectivity index (χ0) is 12.7. The number of hydrogen-bond acceptors (Lipinski definition) is 1. The Balaban J connectivity index is 2.80. The minimum Gasteiger partial charge on any atom is -0.166 e. The third-order valence-electron chi connectivity index (χ3n) is 2.02. The lowest BCUT2D eigenvalue weighted by Crippen LogP contribution is -2.06. The van der Waals surface area contributed by atoms with Crippen molar-refractivity contribution in [1.82, 2.24) is 0 Å². The van der Waals surface area contributed by atoms with Crippen LogP contribution in [0.2, 0.25) is 0 Å². The third-order valence-corrected chi connectivity index (χ3v) is 2.02. The van der Waals surface area contributed by atoms with E-state index < -0.39 is 11.7 Å². The van der Waals surface area contributed by atoms with Gasteiger partial charge in [0.15, 0.2) is 0 Å². The molecule has 0 heterocycles. The van der Waals surface area contributed by atoms with Crippen molar-refractivity contribution in [2.75, 3.05) is 6.54 Å². The molecule has 0 atom stereocenters. The first kappa shape index (κ1) is 13.1. The monoisotopic (exact) mass is 241 g/mol. The van der Waals surface area contributed by atoms with Crippen LogP contribution in [0.25, 0.3) is 16.5 Å². The van der Waals surface area contributed by atoms with Crippen molar-refractivity contribution in [3.8, 4) is 0 Å². The van der Waals surface area contributed by atoms with Crippen LogP contribution < -0.4 is 0 Å². The molecular formula is C11H10F3N3. The van der Waals surface area contributed by atoms with Gasteiger partial charge in [-0.05, 0) is 23.6 Å². The van der Waals surface area contributed by atoms with Gasteiger partial charge in [0.25, 0.3) is 0 Å². The first-order chi connectivity index (χ1) is 8.05. The van der Waals surface area contributed by atoms with E-state index in [0.29, 0.717) is 6.42 Å². The molecule has 6 heteroatoms. The van der Waals surface area contributed by atoms with Gasteiger partial charge in [-0.15, -0.1) is 0 Å². The van der Waals surface area contributed by atoms with Crippen LogP contribution in [0.15, 0.2) is 35.5 Å². The van der Waals surface area contributed by atoms with E-state index in [9.17, 15) is 13.2 Å². The predicted molar refractivity (Wildman–Crippen MR) is 59.1 cm³/mol. The van der Waals surface area contributed by atoms with Crippen molar-refractivity contribution in [3.05, 3.63) is 51.9 Å². The number of azide groups is 1. The molecule has 0 bridgehead atoms. The number of benzene rings is 1. The van der Waals surface area contributed by atoms with E-state index in [4.69, 9.17) is 5.53 Å². The molecule has 0 saturated heterocycles. The first-order valence-electron chi connectivity index (χ1n) is 4.89. The summed E-state index contributed by atoms with van der Waals surface area (Å²) in [6.45, 7) is 0.237. The molecule has 90 valence electrons. The molecule has 0 amide bonds. The maximum absolute atomic E-state index is 12.6. The Morgan fingerprint density at radius 1 is 1.29 bits per heavy atom. The van der Waals surface area contributed by atoms with Crippen molar-refractivity contribution in [3.63, 3.8) is 0 Å². The molecule has 0 aliphatic carbocycles. The normalized spacial score (nSPS) is 11.5. The quantitative estimate of drug-likeness (QED) is 0.324. The SMILES string of the molecule is [N-]=[N+]=NCCC=Cc1ccccc1C(F)(F)F. The van der Waals surface area contributed by atoms with Crippen molar-refractivity contribution >= 4 is 6.08 Å². The summed E-state index contributed by atoms with van der Waals surface area (Å²) < 4.78 is 37.7. The molecule has 0 aromatic heterocycles. The zero-order valence-electron chi connectivity index (χ0n) is 8.85. The maximum atomic E-state index is 12.6. The van der Waals surface area contributed by atoms with Crippen LogP contribution in [0.1, 0.15) is 17.5 Å². The van der Waals surface area contributed by atoms with Crippen LogP contribution in [0.5, 0.6) is 0 Å². The Bertz CT molecular complexity index is 446. The van der Waals surface area contributed by atoms with Gasteiger partial charge in [-0.1, -0.05) is 35.5 Å². The van der Waals surface area contributed by atoms with Gasteiger partial charge >= 0.3 is 6.18 Å². The molecule has 3 nitrogen and oxygen atoms in total. The fourth-order valence-corrected chi connectivity index (χ4v) is 1.29. The van der Waals surface area contributed by atoms with E-state index in [1.54, 1.807) is 12.1 Å². The van der Waals surface area contributed by atoms with Crippen LogP contribution in [-0.4, -0.2) is 6.54 Å². The lowest BCUT2D eigenvalue weighted by molar-refractivity contribution is -0.137. The van der Waals surface area contributed by atoms with Gasteiger partial charge in [-0.25, -0.2) is 0 Å². The van der Waals surface area contributed by atoms with Crippen molar-refractivity contribution in [2.24, 2.45) is 5.11 Å². The van der Waals surface area contributed by atoms with Crippen LogP contribution >= 0.6 is 0 Å². The highest BCUT2D eigenvalue weighted by molar-refractivity contribution is 5.54. The minimum atomic E-state index is -4.36. The van der Waals surface area contributed by atoms with Gasteiger partial charge < -0.3 is 0 Å². The highest BCUT2D eigenvalue weighted by atomic mass is 19.4. The number of rotatable bonds is 4. The highest BCUT2D eigenvalue weighted by Gasteiger charge is 2.32. The summed E-state index contributed by atoms with van der Waals surface area (Å²) in [5, 5.41) is 3.28. The largest absolute Gasteiger partial charge is 0.416 e. The van der Waals surface area contributed by atoms with E-state index in [1.807, 2.05) is 0 Å². The molecule has 1 aromatic carbocycles. The molecular weight excluding hydrogens is 231 g/mol. The van der Waals surface area contributed by atoms with Gasteiger partial charge in [-0.2, -0.15) is 13.2 Å². The van der Waals surface area contributed by atoms with E-state index in [2.05, 4.69) is 10.0 Å². The molecule has 0 radical (unpaired) electrons. The molecule has 0 aliphatic rings. The van der Waals surface area contributed by atoms with E-state index in [0.717, 1.165) is 6.07 Å². The Hall–Kier alpha value is -1.94. The number of hydrogen-bond donors (Lipinski definition) is 0. The van der Waals surface area contributed by atoms with Crippen LogP contribution in [0.3, 0.4) is 0 Å². The van der Waals surface area contributed by atoms with Crippen molar-refractivity contribution < 1.29 is 13.2 Å². The lowest BCUT2D eigenvalue weighted by atomic mass is 10.1. The molecule has 17 heavy (non-hydrogen) atoms. The first-order valence-corrected chi connectivity index (χ1v) is 4.89. The number of alkyl halides is 3. The Morgan fingerprint density at radius 3 is 2.65 bits per heavy atom. The van der Waals surface area contributed by atoms with Crippen molar-refractivity contribution in [1.29, 1.82) is 0 Å². The standard InChI is InChI=1S/C11H10F3N3/c12-11(13,14)10-7-2-1-5-9(10)6-3-4-8-16-17-15/h1-3,5-7H,4,8H2. The summed E-state index contributed by atoms with van der Waals surface area (Å²) >= 11 is 0. The lowest BCUT2D eigenvalue weighted by Gasteiger charge is -2.09. The Labute approximate surface area is 96.2 Å². The van der Waals surface area contributed by atoms with E-state index in [-0.39, 0.29) is 12.1 Å². The summed E-state index contributed by atoms with van der Waals surface area (Å²) in [6, 6.07) is 5.32. The Kier molecular flexibility index (Phi) is 4.60. The fraction of sp³-hybridized carbons (Fsp3) is 0.273. The van der Waals surface area contributed by atoms with E-state index >= 15 is 0 Å². The summed E-state index contributed by atoms with van der Waals surface area (Å²) in [6.07, 6.45) is -1.00. The fourth-order valence-electron chi connectivity index (χ4n) is 1.29. The second kappa shape index (κ2) is 5.96. The van der Waals surface area contributed by atoms with Gasteiger partial charge in [-0.3, -0.25) is 0 Å². The second-order valence-electron chi connectivity index (χ2n) is 3.23. The topological polar surface area (TPSA) is 48.8 Å². The van der Waals surface area contributed by atoms with Crippen LogP contribution in [-0.2, 0) is 6.18 Å². The van der Waals surface area contributed by atoms with Gasteiger partial charge in [0.05, 0.1) is 5.56 Å². The number of nitrogens with zero attached hydrogens (tertiary/aromatic N) is 3. The number of halogens is 3. The van der Waals surface area contributed by atoms with Gasteiger partial charge in [0, 0.05) is 11.5 Å². The molecule has 0 aliphatic heterocycles. The molecule has 0 spiro atoms. The summed E-state index contributed by atoms with van der Waals surface area (Å²) in [5.41, 5.74) is 7.46. The summed E-state index contributed by atoms with van der Waals surface area (Å²) in [5.74, 6) is 0. The molecule has 1 aromatic rings. The zero-order valence-corrected chi connectivity index (χ0v) is 8.85. The molecule has 1 rings (SSSR count). The summed E-state index contributed by atoms with van der Waals surface area (Å²) in [7, 11) is 0. The van der Waals surface area contributed by atoms with Gasteiger partial charge in [0.1, 0.15) is 0 Å². The summed E-state index contributed by atoms with van der Waals surface area (Å²) in [4.78, 5) is 2.55. The average Bonchev–Trinajstić information content (AvgIpc) is 2.28. The average molecular weight is 241 g/mol. The molecule has 0 saturated carbocycles. The van der Waals surface area contributed by atoms with Crippen LogP contribution in [0.4, 0.5) is 13.2 Å². The van der Waals surface area contributed by atoms with Crippen LogP contribution in [0, 0.1) is 0 Å². The highest BCUT2D eigenvalue weighted by Crippen LogP contribution is 2.32. The third kappa shape index (κ3) is 4.20. The molecule has 0 N–H and O–H groups in total. The predicted octanol–water partition coefficient (Wildman–Crippen LogP) is 4.42.